The highest BCUT2D eigenvalue weighted by molar-refractivity contribution is 5.75. The molecular formula is C15H26N6O3. The number of nitrogens with zero attached hydrogens (tertiary/aromatic N) is 4. The normalized spacial score (nSPS) is 19.0. The van der Waals surface area contributed by atoms with Gasteiger partial charge < -0.3 is 20.3 Å². The summed E-state index contributed by atoms with van der Waals surface area (Å²) in [7, 11) is 0. The van der Waals surface area contributed by atoms with E-state index in [1.807, 2.05) is 27.7 Å². The molecule has 0 aromatic carbocycles. The molecule has 1 fully saturated rings. The summed E-state index contributed by atoms with van der Waals surface area (Å²) in [4.78, 5) is 29.5. The van der Waals surface area contributed by atoms with Crippen molar-refractivity contribution in [2.24, 2.45) is 0 Å². The third-order valence-electron chi connectivity index (χ3n) is 3.48. The van der Waals surface area contributed by atoms with Gasteiger partial charge >= 0.3 is 12.1 Å². The van der Waals surface area contributed by atoms with Gasteiger partial charge in [0.2, 0.25) is 0 Å². The molecule has 9 heteroatoms. The average Bonchev–Trinajstić information content (AvgIpc) is 3.07. The van der Waals surface area contributed by atoms with Crippen molar-refractivity contribution in [3.05, 3.63) is 12.7 Å². The van der Waals surface area contributed by atoms with Crippen LogP contribution in [0.5, 0.6) is 0 Å². The van der Waals surface area contributed by atoms with Crippen LogP contribution in [0, 0.1) is 0 Å². The Hall–Kier alpha value is -2.32. The number of carbonyl (C=O) groups excluding carboxylic acids is 2. The number of rotatable bonds is 4. The van der Waals surface area contributed by atoms with Crippen molar-refractivity contribution in [2.75, 3.05) is 13.1 Å². The Balaban J connectivity index is 1.72. The maximum absolute atomic E-state index is 12.0. The molecule has 2 unspecified atom stereocenters. The monoisotopic (exact) mass is 338 g/mol. The fraction of sp³-hybridized carbons (Fsp3) is 0.733. The van der Waals surface area contributed by atoms with Gasteiger partial charge in [0.1, 0.15) is 18.3 Å². The number of nitrogens with one attached hydrogen (secondary N) is 2. The van der Waals surface area contributed by atoms with E-state index in [-0.39, 0.29) is 24.2 Å². The largest absolute Gasteiger partial charge is 0.444 e. The summed E-state index contributed by atoms with van der Waals surface area (Å²) in [5, 5.41) is 9.75. The molecule has 2 heterocycles. The first-order valence-electron chi connectivity index (χ1n) is 8.10. The molecule has 2 rings (SSSR count). The second kappa shape index (κ2) is 7.50. The first kappa shape index (κ1) is 18.0. The second-order valence-corrected chi connectivity index (χ2v) is 7.05. The Morgan fingerprint density at radius 3 is 2.79 bits per heavy atom. The van der Waals surface area contributed by atoms with Crippen LogP contribution in [0.4, 0.5) is 9.59 Å². The fourth-order valence-electron chi connectivity index (χ4n) is 2.47. The van der Waals surface area contributed by atoms with Crippen LogP contribution in [0.3, 0.4) is 0 Å². The topological polar surface area (TPSA) is 101 Å². The zero-order valence-electron chi connectivity index (χ0n) is 14.7. The highest BCUT2D eigenvalue weighted by atomic mass is 16.6. The van der Waals surface area contributed by atoms with Gasteiger partial charge in [0.25, 0.3) is 0 Å². The maximum Gasteiger partial charge on any atom is 0.410 e. The van der Waals surface area contributed by atoms with Gasteiger partial charge in [0.15, 0.2) is 0 Å². The lowest BCUT2D eigenvalue weighted by atomic mass is 10.2. The van der Waals surface area contributed by atoms with Gasteiger partial charge in [-0.1, -0.05) is 0 Å². The van der Waals surface area contributed by atoms with E-state index in [0.29, 0.717) is 26.1 Å². The minimum atomic E-state index is -0.517. The number of hydrogen-bond donors (Lipinski definition) is 2. The van der Waals surface area contributed by atoms with Gasteiger partial charge in [0, 0.05) is 25.2 Å². The molecule has 0 saturated carbocycles. The van der Waals surface area contributed by atoms with E-state index in [2.05, 4.69) is 20.7 Å². The lowest BCUT2D eigenvalue weighted by molar-refractivity contribution is 0.0291. The van der Waals surface area contributed by atoms with Crippen molar-refractivity contribution in [1.29, 1.82) is 0 Å². The van der Waals surface area contributed by atoms with E-state index in [1.54, 1.807) is 15.9 Å². The number of amides is 3. The number of carbonyl (C=O) groups is 2. The molecule has 1 aromatic rings. The zero-order chi connectivity index (χ0) is 17.7. The number of aromatic nitrogens is 3. The molecule has 0 bridgehead atoms. The smallest absolute Gasteiger partial charge is 0.410 e. The van der Waals surface area contributed by atoms with Crippen LogP contribution in [-0.2, 0) is 11.3 Å². The van der Waals surface area contributed by atoms with Crippen molar-refractivity contribution in [3.8, 4) is 0 Å². The quantitative estimate of drug-likeness (QED) is 0.852. The SMILES string of the molecule is CC(Cn1cncn1)NC(=O)NC1CCN(C(=O)OC(C)(C)C)C1. The molecule has 1 aliphatic heterocycles. The van der Waals surface area contributed by atoms with Crippen LogP contribution in [0.2, 0.25) is 0 Å². The molecule has 134 valence electrons. The standard InChI is InChI=1S/C15H26N6O3/c1-11(7-21-10-16-9-17-21)18-13(22)19-12-5-6-20(8-12)14(23)24-15(2,3)4/h9-12H,5-8H2,1-4H3,(H2,18,19,22). The predicted molar refractivity (Wildman–Crippen MR) is 87.4 cm³/mol. The molecule has 1 aliphatic rings. The number of ether oxygens (including phenoxy) is 1. The summed E-state index contributed by atoms with van der Waals surface area (Å²) >= 11 is 0. The Morgan fingerprint density at radius 1 is 1.42 bits per heavy atom. The third kappa shape index (κ3) is 5.71. The van der Waals surface area contributed by atoms with Crippen LogP contribution < -0.4 is 10.6 Å². The summed E-state index contributed by atoms with van der Waals surface area (Å²) < 4.78 is 7.00. The number of urea groups is 1. The molecule has 1 aromatic heterocycles. The first-order valence-corrected chi connectivity index (χ1v) is 8.10. The van der Waals surface area contributed by atoms with Gasteiger partial charge in [0.05, 0.1) is 6.54 Å². The lowest BCUT2D eigenvalue weighted by Gasteiger charge is -2.24. The lowest BCUT2D eigenvalue weighted by Crippen LogP contribution is -2.47. The Kier molecular flexibility index (Phi) is 5.63. The molecule has 24 heavy (non-hydrogen) atoms. The Bertz CT molecular complexity index is 554. The Morgan fingerprint density at radius 2 is 2.17 bits per heavy atom. The van der Waals surface area contributed by atoms with E-state index >= 15 is 0 Å². The van der Waals surface area contributed by atoms with Crippen molar-refractivity contribution < 1.29 is 14.3 Å². The molecule has 2 N–H and O–H groups in total. The van der Waals surface area contributed by atoms with Gasteiger partial charge in [-0.15, -0.1) is 0 Å². The van der Waals surface area contributed by atoms with Crippen LogP contribution in [0.1, 0.15) is 34.1 Å². The molecule has 0 radical (unpaired) electrons. The van der Waals surface area contributed by atoms with Crippen LogP contribution in [0.25, 0.3) is 0 Å². The third-order valence-corrected chi connectivity index (χ3v) is 3.48. The van der Waals surface area contributed by atoms with Crippen molar-refractivity contribution in [3.63, 3.8) is 0 Å². The van der Waals surface area contributed by atoms with Crippen LogP contribution in [0.15, 0.2) is 12.7 Å². The molecule has 3 amide bonds. The Labute approximate surface area is 141 Å². The molecule has 2 atom stereocenters. The average molecular weight is 338 g/mol. The number of hydrogen-bond acceptors (Lipinski definition) is 5. The van der Waals surface area contributed by atoms with Gasteiger partial charge in [-0.2, -0.15) is 5.10 Å². The van der Waals surface area contributed by atoms with Crippen molar-refractivity contribution in [1.82, 2.24) is 30.3 Å². The summed E-state index contributed by atoms with van der Waals surface area (Å²) in [5.41, 5.74) is -0.517. The zero-order valence-corrected chi connectivity index (χ0v) is 14.7. The predicted octanol–water partition coefficient (Wildman–Crippen LogP) is 0.975. The summed E-state index contributed by atoms with van der Waals surface area (Å²) in [6.45, 7) is 8.97. The van der Waals surface area contributed by atoms with E-state index in [9.17, 15) is 9.59 Å². The van der Waals surface area contributed by atoms with Crippen molar-refractivity contribution in [2.45, 2.75) is 58.3 Å². The van der Waals surface area contributed by atoms with Gasteiger partial charge in [-0.05, 0) is 34.1 Å². The van der Waals surface area contributed by atoms with Gasteiger partial charge in [-0.3, -0.25) is 4.68 Å². The molecule has 0 aliphatic carbocycles. The summed E-state index contributed by atoms with van der Waals surface area (Å²) in [5.74, 6) is 0. The summed E-state index contributed by atoms with van der Waals surface area (Å²) in [6.07, 6.45) is 3.43. The number of likely N-dealkylation sites (tertiary alicyclic amines) is 1. The molecule has 0 spiro atoms. The van der Waals surface area contributed by atoms with Gasteiger partial charge in [-0.25, -0.2) is 14.6 Å². The minimum absolute atomic E-state index is 0.0731. The fourth-order valence-corrected chi connectivity index (χ4v) is 2.47. The van der Waals surface area contributed by atoms with E-state index in [4.69, 9.17) is 4.74 Å². The highest BCUT2D eigenvalue weighted by Crippen LogP contribution is 2.15. The molecular weight excluding hydrogens is 312 g/mol. The van der Waals surface area contributed by atoms with Crippen LogP contribution >= 0.6 is 0 Å². The summed E-state index contributed by atoms with van der Waals surface area (Å²) in [6, 6.07) is -0.412. The molecule has 9 nitrogen and oxygen atoms in total. The van der Waals surface area contributed by atoms with E-state index in [0.717, 1.165) is 0 Å². The van der Waals surface area contributed by atoms with E-state index < -0.39 is 5.60 Å². The first-order chi connectivity index (χ1) is 11.2. The highest BCUT2D eigenvalue weighted by Gasteiger charge is 2.30. The molecule has 1 saturated heterocycles. The maximum atomic E-state index is 12.0. The van der Waals surface area contributed by atoms with Crippen LogP contribution in [-0.4, -0.2) is 62.6 Å². The minimum Gasteiger partial charge on any atom is -0.444 e. The van der Waals surface area contributed by atoms with Crippen molar-refractivity contribution >= 4 is 12.1 Å². The van der Waals surface area contributed by atoms with E-state index in [1.165, 1.54) is 6.33 Å². The second-order valence-electron chi connectivity index (χ2n) is 7.05.